The van der Waals surface area contributed by atoms with Crippen LogP contribution in [0.2, 0.25) is 0 Å². The van der Waals surface area contributed by atoms with Crippen LogP contribution in [-0.4, -0.2) is 5.78 Å². The van der Waals surface area contributed by atoms with Crippen molar-refractivity contribution in [1.82, 2.24) is 0 Å². The Morgan fingerprint density at radius 2 is 1.76 bits per heavy atom. The quantitative estimate of drug-likeness (QED) is 0.228. The van der Waals surface area contributed by atoms with Crippen LogP contribution >= 0.6 is 0 Å². The number of terminal acetylenes is 1. The number of Topliss-reactive ketones (excluding diaryl/α,β-unsaturated/α-hetero) is 1. The van der Waals surface area contributed by atoms with Gasteiger partial charge in [0.25, 0.3) is 0 Å². The lowest BCUT2D eigenvalue weighted by Crippen LogP contribution is -2.19. The number of hydrogen-bond donors (Lipinski definition) is 0. The Morgan fingerprint density at radius 1 is 1.10 bits per heavy atom. The third-order valence-corrected chi connectivity index (χ3v) is 4.05. The first-order valence-electron chi connectivity index (χ1n) is 8.62. The summed E-state index contributed by atoms with van der Waals surface area (Å²) in [4.78, 5) is 11.4. The highest BCUT2D eigenvalue weighted by atomic mass is 16.1. The average molecular weight is 290 g/mol. The highest BCUT2D eigenvalue weighted by Gasteiger charge is 2.24. The number of hydrogen-bond acceptors (Lipinski definition) is 1. The molecule has 0 saturated carbocycles. The maximum absolute atomic E-state index is 11.4. The topological polar surface area (TPSA) is 17.1 Å². The molecule has 21 heavy (non-hydrogen) atoms. The Balaban J connectivity index is 3.69. The third-order valence-electron chi connectivity index (χ3n) is 4.05. The molecule has 0 radical (unpaired) electrons. The molecule has 0 saturated heterocycles. The van der Waals surface area contributed by atoms with Crippen LogP contribution in [0.3, 0.4) is 0 Å². The molecule has 0 heterocycles. The van der Waals surface area contributed by atoms with E-state index in [1.165, 1.54) is 51.4 Å². The van der Waals surface area contributed by atoms with Crippen molar-refractivity contribution >= 4 is 5.78 Å². The molecule has 1 unspecified atom stereocenters. The summed E-state index contributed by atoms with van der Waals surface area (Å²) in [6.07, 6.45) is 22.1. The minimum Gasteiger partial charge on any atom is -0.300 e. The number of carbonyl (C=O) groups excluding carboxylic acids is 1. The molecule has 0 bridgehead atoms. The molecule has 0 rings (SSSR count). The predicted octanol–water partition coefficient (Wildman–Crippen LogP) is 6.08. The Labute approximate surface area is 132 Å². The molecule has 0 aromatic heterocycles. The molecule has 0 spiro atoms. The van der Waals surface area contributed by atoms with E-state index in [0.29, 0.717) is 5.78 Å². The Kier molecular flexibility index (Phi) is 12.1. The smallest absolute Gasteiger partial charge is 0.130 e. The minimum atomic E-state index is 0.232. The lowest BCUT2D eigenvalue weighted by molar-refractivity contribution is -0.119. The second kappa shape index (κ2) is 12.7. The van der Waals surface area contributed by atoms with Crippen LogP contribution in [0.4, 0.5) is 0 Å². The first-order chi connectivity index (χ1) is 10.0. The van der Waals surface area contributed by atoms with Crippen molar-refractivity contribution in [2.45, 2.75) is 91.4 Å². The lowest BCUT2D eigenvalue weighted by Gasteiger charge is -2.28. The summed E-state index contributed by atoms with van der Waals surface area (Å²) < 4.78 is 0. The summed E-state index contributed by atoms with van der Waals surface area (Å²) in [5, 5.41) is 0. The molecular formula is C20H34O. The molecule has 0 fully saturated rings. The summed E-state index contributed by atoms with van der Waals surface area (Å²) in [6.45, 7) is 6.22. The Hall–Kier alpha value is -1.03. The molecule has 0 aromatic rings. The van der Waals surface area contributed by atoms with Gasteiger partial charge in [-0.15, -0.1) is 12.3 Å². The largest absolute Gasteiger partial charge is 0.300 e. The maximum Gasteiger partial charge on any atom is 0.130 e. The van der Waals surface area contributed by atoms with Crippen molar-refractivity contribution in [1.29, 1.82) is 0 Å². The zero-order valence-corrected chi connectivity index (χ0v) is 14.4. The zero-order valence-electron chi connectivity index (χ0n) is 14.4. The molecule has 1 heteroatoms. The van der Waals surface area contributed by atoms with E-state index >= 15 is 0 Å². The van der Waals surface area contributed by atoms with Gasteiger partial charge in [-0.1, -0.05) is 51.7 Å². The van der Waals surface area contributed by atoms with Crippen LogP contribution in [-0.2, 0) is 4.79 Å². The Bertz CT molecular complexity index is 334. The van der Waals surface area contributed by atoms with Gasteiger partial charge >= 0.3 is 0 Å². The standard InChI is InChI=1S/C20H34O/c1-5-7-8-9-10-11-12-13-14-15-17-20(4,16-6-2)18-19(3)21/h1,9-10H,6-8,11-18H2,2-4H3. The molecule has 0 N–H and O–H groups in total. The molecule has 0 aliphatic carbocycles. The second-order valence-electron chi connectivity index (χ2n) is 6.61. The maximum atomic E-state index is 11.4. The van der Waals surface area contributed by atoms with Crippen LogP contribution in [0.5, 0.6) is 0 Å². The van der Waals surface area contributed by atoms with Gasteiger partial charge in [-0.2, -0.15) is 0 Å². The van der Waals surface area contributed by atoms with E-state index < -0.39 is 0 Å². The van der Waals surface area contributed by atoms with Crippen molar-refractivity contribution in [2.75, 3.05) is 0 Å². The molecule has 120 valence electrons. The third kappa shape index (κ3) is 12.4. The van der Waals surface area contributed by atoms with Crippen LogP contribution in [0.1, 0.15) is 91.4 Å². The van der Waals surface area contributed by atoms with Gasteiger partial charge in [0.1, 0.15) is 5.78 Å². The first kappa shape index (κ1) is 20.0. The van der Waals surface area contributed by atoms with Crippen molar-refractivity contribution in [2.24, 2.45) is 5.41 Å². The van der Waals surface area contributed by atoms with Gasteiger partial charge in [0, 0.05) is 12.8 Å². The van der Waals surface area contributed by atoms with Gasteiger partial charge in [-0.3, -0.25) is 0 Å². The molecule has 0 aliphatic heterocycles. The predicted molar refractivity (Wildman–Crippen MR) is 93.2 cm³/mol. The number of carbonyl (C=O) groups is 1. The molecule has 0 aliphatic rings. The average Bonchev–Trinajstić information content (AvgIpc) is 2.40. The molecule has 0 aromatic carbocycles. The van der Waals surface area contributed by atoms with Gasteiger partial charge in [0.05, 0.1) is 0 Å². The number of ketones is 1. The van der Waals surface area contributed by atoms with E-state index in [2.05, 4.69) is 31.9 Å². The SMILES string of the molecule is C#CCCC=CCCCCCCC(C)(CCC)CC(C)=O. The number of allylic oxidation sites excluding steroid dienone is 2. The van der Waals surface area contributed by atoms with Crippen LogP contribution in [0.25, 0.3) is 0 Å². The number of unbranched alkanes of at least 4 members (excludes halogenated alkanes) is 5. The molecule has 1 atom stereocenters. The lowest BCUT2D eigenvalue weighted by atomic mass is 9.77. The van der Waals surface area contributed by atoms with Crippen LogP contribution < -0.4 is 0 Å². The summed E-state index contributed by atoms with van der Waals surface area (Å²) in [5.74, 6) is 2.99. The summed E-state index contributed by atoms with van der Waals surface area (Å²) in [6, 6.07) is 0. The van der Waals surface area contributed by atoms with Gasteiger partial charge in [-0.25, -0.2) is 0 Å². The normalized spacial score (nSPS) is 14.0. The fraction of sp³-hybridized carbons (Fsp3) is 0.750. The summed E-state index contributed by atoms with van der Waals surface area (Å²) in [7, 11) is 0. The van der Waals surface area contributed by atoms with E-state index in [9.17, 15) is 4.79 Å². The highest BCUT2D eigenvalue weighted by molar-refractivity contribution is 5.76. The first-order valence-corrected chi connectivity index (χ1v) is 8.62. The van der Waals surface area contributed by atoms with E-state index in [-0.39, 0.29) is 5.41 Å². The fourth-order valence-corrected chi connectivity index (χ4v) is 3.08. The van der Waals surface area contributed by atoms with E-state index in [0.717, 1.165) is 19.3 Å². The van der Waals surface area contributed by atoms with Crippen molar-refractivity contribution in [3.63, 3.8) is 0 Å². The van der Waals surface area contributed by atoms with Crippen LogP contribution in [0.15, 0.2) is 12.2 Å². The van der Waals surface area contributed by atoms with Gasteiger partial charge < -0.3 is 4.79 Å². The minimum absolute atomic E-state index is 0.232. The summed E-state index contributed by atoms with van der Waals surface area (Å²) in [5.41, 5.74) is 0.232. The van der Waals surface area contributed by atoms with Crippen molar-refractivity contribution in [3.05, 3.63) is 12.2 Å². The molecule has 1 nitrogen and oxygen atoms in total. The zero-order chi connectivity index (χ0) is 16.0. The highest BCUT2D eigenvalue weighted by Crippen LogP contribution is 2.34. The summed E-state index contributed by atoms with van der Waals surface area (Å²) >= 11 is 0. The van der Waals surface area contributed by atoms with Crippen molar-refractivity contribution in [3.8, 4) is 12.3 Å². The monoisotopic (exact) mass is 290 g/mol. The number of rotatable bonds is 13. The fourth-order valence-electron chi connectivity index (χ4n) is 3.08. The molecular weight excluding hydrogens is 256 g/mol. The van der Waals surface area contributed by atoms with E-state index in [1.807, 2.05) is 0 Å². The van der Waals surface area contributed by atoms with Gasteiger partial charge in [0.15, 0.2) is 0 Å². The van der Waals surface area contributed by atoms with Gasteiger partial charge in [0.2, 0.25) is 0 Å². The van der Waals surface area contributed by atoms with Crippen LogP contribution in [0, 0.1) is 17.8 Å². The second-order valence-corrected chi connectivity index (χ2v) is 6.61. The van der Waals surface area contributed by atoms with Gasteiger partial charge in [-0.05, 0) is 44.4 Å². The van der Waals surface area contributed by atoms with E-state index in [1.54, 1.807) is 6.92 Å². The molecule has 0 amide bonds. The van der Waals surface area contributed by atoms with Crippen molar-refractivity contribution < 1.29 is 4.79 Å². The van der Waals surface area contributed by atoms with E-state index in [4.69, 9.17) is 6.42 Å². The Morgan fingerprint density at radius 3 is 2.38 bits per heavy atom.